The molecule has 0 radical (unpaired) electrons. The molecule has 0 amide bonds. The summed E-state index contributed by atoms with van der Waals surface area (Å²) in [6, 6.07) is 19.9. The third-order valence-corrected chi connectivity index (χ3v) is 4.38. The second-order valence-corrected chi connectivity index (χ2v) is 6.54. The Morgan fingerprint density at radius 2 is 1.79 bits per heavy atom. The van der Waals surface area contributed by atoms with Crippen molar-refractivity contribution >= 4 is 23.3 Å². The van der Waals surface area contributed by atoms with Crippen LogP contribution in [0.25, 0.3) is 0 Å². The van der Waals surface area contributed by atoms with Gasteiger partial charge in [-0.3, -0.25) is 0 Å². The maximum absolute atomic E-state index is 11.0. The monoisotopic (exact) mass is 397 g/mol. The Morgan fingerprint density at radius 3 is 2.43 bits per heavy atom. The Hall–Kier alpha value is -3.18. The van der Waals surface area contributed by atoms with Crippen LogP contribution in [0.3, 0.4) is 0 Å². The lowest BCUT2D eigenvalue weighted by molar-refractivity contribution is 0.0697. The standard InChI is InChI=1S/C22H20ClNO4/c1-27-20-12-18(23)11-17(21(20)28-14-15-5-3-2-4-6-15)13-24-19-9-7-16(8-10-19)22(25)26/h2-12,24H,13-14H2,1H3,(H,25,26). The number of carboxylic acid groups (broad SMARTS) is 1. The molecular formula is C22H20ClNO4. The van der Waals surface area contributed by atoms with Gasteiger partial charge in [0.05, 0.1) is 12.7 Å². The van der Waals surface area contributed by atoms with Gasteiger partial charge in [-0.2, -0.15) is 0 Å². The number of methoxy groups -OCH3 is 1. The summed E-state index contributed by atoms with van der Waals surface area (Å²) in [6.45, 7) is 0.840. The van der Waals surface area contributed by atoms with Crippen LogP contribution >= 0.6 is 11.6 Å². The lowest BCUT2D eigenvalue weighted by Gasteiger charge is -2.17. The number of aromatic carboxylic acids is 1. The summed E-state index contributed by atoms with van der Waals surface area (Å²) >= 11 is 6.23. The number of rotatable bonds is 8. The number of anilines is 1. The lowest BCUT2D eigenvalue weighted by Crippen LogP contribution is -2.06. The number of hydrogen-bond donors (Lipinski definition) is 2. The molecule has 0 aliphatic carbocycles. The van der Waals surface area contributed by atoms with E-state index in [1.165, 1.54) is 0 Å². The maximum atomic E-state index is 11.0. The van der Waals surface area contributed by atoms with E-state index in [-0.39, 0.29) is 5.56 Å². The van der Waals surface area contributed by atoms with Gasteiger partial charge in [-0.15, -0.1) is 0 Å². The van der Waals surface area contributed by atoms with Gasteiger partial charge in [0.1, 0.15) is 6.61 Å². The predicted molar refractivity (Wildman–Crippen MR) is 110 cm³/mol. The SMILES string of the molecule is COc1cc(Cl)cc(CNc2ccc(C(=O)O)cc2)c1OCc1ccccc1. The fourth-order valence-electron chi connectivity index (χ4n) is 2.73. The van der Waals surface area contributed by atoms with Crippen molar-refractivity contribution in [1.29, 1.82) is 0 Å². The number of hydrogen-bond acceptors (Lipinski definition) is 4. The quantitative estimate of drug-likeness (QED) is 0.544. The summed E-state index contributed by atoms with van der Waals surface area (Å²) in [5.41, 5.74) is 2.91. The Kier molecular flexibility index (Phi) is 6.40. The van der Waals surface area contributed by atoms with Crippen LogP contribution in [0.1, 0.15) is 21.5 Å². The third kappa shape index (κ3) is 4.96. The van der Waals surface area contributed by atoms with Gasteiger partial charge in [-0.05, 0) is 35.9 Å². The first-order valence-electron chi connectivity index (χ1n) is 8.67. The van der Waals surface area contributed by atoms with E-state index in [4.69, 9.17) is 26.2 Å². The first kappa shape index (κ1) is 19.6. The van der Waals surface area contributed by atoms with Gasteiger partial charge in [0.2, 0.25) is 0 Å². The molecule has 0 heterocycles. The molecule has 28 heavy (non-hydrogen) atoms. The number of carbonyl (C=O) groups is 1. The van der Waals surface area contributed by atoms with Crippen molar-refractivity contribution in [2.24, 2.45) is 0 Å². The minimum atomic E-state index is -0.956. The fraction of sp³-hybridized carbons (Fsp3) is 0.136. The second kappa shape index (κ2) is 9.15. The highest BCUT2D eigenvalue weighted by atomic mass is 35.5. The van der Waals surface area contributed by atoms with Crippen LogP contribution in [0.15, 0.2) is 66.7 Å². The van der Waals surface area contributed by atoms with Gasteiger partial charge in [-0.1, -0.05) is 41.9 Å². The minimum Gasteiger partial charge on any atom is -0.493 e. The Bertz CT molecular complexity index is 943. The molecule has 144 valence electrons. The van der Waals surface area contributed by atoms with E-state index in [1.54, 1.807) is 37.4 Å². The van der Waals surface area contributed by atoms with Crippen LogP contribution in [-0.2, 0) is 13.2 Å². The van der Waals surface area contributed by atoms with E-state index in [0.717, 1.165) is 16.8 Å². The van der Waals surface area contributed by atoms with Crippen LogP contribution in [0.5, 0.6) is 11.5 Å². The molecule has 0 spiro atoms. The number of carboxylic acids is 1. The summed E-state index contributed by atoms with van der Waals surface area (Å²) in [5, 5.41) is 12.8. The van der Waals surface area contributed by atoms with Gasteiger partial charge in [0.15, 0.2) is 11.5 Å². The maximum Gasteiger partial charge on any atom is 0.335 e. The number of benzene rings is 3. The first-order valence-corrected chi connectivity index (χ1v) is 9.05. The molecule has 0 saturated carbocycles. The second-order valence-electron chi connectivity index (χ2n) is 6.11. The Morgan fingerprint density at radius 1 is 1.07 bits per heavy atom. The largest absolute Gasteiger partial charge is 0.493 e. The molecule has 0 fully saturated rings. The highest BCUT2D eigenvalue weighted by Crippen LogP contribution is 2.35. The molecule has 3 aromatic carbocycles. The molecule has 2 N–H and O–H groups in total. The van der Waals surface area contributed by atoms with E-state index in [1.807, 2.05) is 36.4 Å². The highest BCUT2D eigenvalue weighted by Gasteiger charge is 2.13. The van der Waals surface area contributed by atoms with Gasteiger partial charge >= 0.3 is 5.97 Å². The van der Waals surface area contributed by atoms with Gasteiger partial charge in [0.25, 0.3) is 0 Å². The number of nitrogens with one attached hydrogen (secondary N) is 1. The molecule has 0 aliphatic rings. The van der Waals surface area contributed by atoms with Crippen molar-refractivity contribution in [3.8, 4) is 11.5 Å². The van der Waals surface area contributed by atoms with Crippen LogP contribution < -0.4 is 14.8 Å². The molecule has 0 atom stereocenters. The number of halogens is 1. The molecule has 0 aliphatic heterocycles. The Labute approximate surface area is 168 Å². The molecule has 6 heteroatoms. The molecule has 0 bridgehead atoms. The summed E-state index contributed by atoms with van der Waals surface area (Å²) in [4.78, 5) is 11.0. The van der Waals surface area contributed by atoms with Crippen LogP contribution in [0.4, 0.5) is 5.69 Å². The van der Waals surface area contributed by atoms with Crippen LogP contribution in [-0.4, -0.2) is 18.2 Å². The molecule has 3 rings (SSSR count). The summed E-state index contributed by atoms with van der Waals surface area (Å²) < 4.78 is 11.5. The van der Waals surface area contributed by atoms with Gasteiger partial charge < -0.3 is 19.9 Å². The van der Waals surface area contributed by atoms with Crippen molar-refractivity contribution in [2.75, 3.05) is 12.4 Å². The van der Waals surface area contributed by atoms with Gasteiger partial charge in [0, 0.05) is 28.9 Å². The van der Waals surface area contributed by atoms with Crippen molar-refractivity contribution in [1.82, 2.24) is 0 Å². The first-order chi connectivity index (χ1) is 13.6. The average molecular weight is 398 g/mol. The van der Waals surface area contributed by atoms with Crippen LogP contribution in [0, 0.1) is 0 Å². The zero-order chi connectivity index (χ0) is 19.9. The molecular weight excluding hydrogens is 378 g/mol. The van der Waals surface area contributed by atoms with Crippen LogP contribution in [0.2, 0.25) is 5.02 Å². The predicted octanol–water partition coefficient (Wildman–Crippen LogP) is 5.24. The lowest BCUT2D eigenvalue weighted by atomic mass is 10.1. The van der Waals surface area contributed by atoms with E-state index in [9.17, 15) is 4.79 Å². The van der Waals surface area contributed by atoms with Crippen molar-refractivity contribution in [3.05, 3.63) is 88.4 Å². The summed E-state index contributed by atoms with van der Waals surface area (Å²) in [7, 11) is 1.57. The fourth-order valence-corrected chi connectivity index (χ4v) is 2.96. The van der Waals surface area contributed by atoms with E-state index in [0.29, 0.717) is 29.7 Å². The zero-order valence-corrected chi connectivity index (χ0v) is 16.1. The third-order valence-electron chi connectivity index (χ3n) is 4.16. The average Bonchev–Trinajstić information content (AvgIpc) is 2.72. The van der Waals surface area contributed by atoms with E-state index < -0.39 is 5.97 Å². The van der Waals surface area contributed by atoms with E-state index >= 15 is 0 Å². The van der Waals surface area contributed by atoms with Crippen molar-refractivity contribution in [3.63, 3.8) is 0 Å². The smallest absolute Gasteiger partial charge is 0.335 e. The van der Waals surface area contributed by atoms with Crippen molar-refractivity contribution in [2.45, 2.75) is 13.2 Å². The minimum absolute atomic E-state index is 0.238. The molecule has 0 saturated heterocycles. The zero-order valence-electron chi connectivity index (χ0n) is 15.3. The normalized spacial score (nSPS) is 10.4. The topological polar surface area (TPSA) is 67.8 Å². The molecule has 0 aromatic heterocycles. The summed E-state index contributed by atoms with van der Waals surface area (Å²) in [6.07, 6.45) is 0. The van der Waals surface area contributed by atoms with Gasteiger partial charge in [-0.25, -0.2) is 4.79 Å². The molecule has 3 aromatic rings. The number of ether oxygens (including phenoxy) is 2. The van der Waals surface area contributed by atoms with Crippen molar-refractivity contribution < 1.29 is 19.4 Å². The Balaban J connectivity index is 1.78. The highest BCUT2D eigenvalue weighted by molar-refractivity contribution is 6.30. The molecule has 5 nitrogen and oxygen atoms in total. The van der Waals surface area contributed by atoms with E-state index in [2.05, 4.69) is 5.32 Å². The summed E-state index contributed by atoms with van der Waals surface area (Å²) in [5.74, 6) is 0.217. The molecule has 0 unspecified atom stereocenters.